The number of nitrogens with zero attached hydrogens (tertiary/aromatic N) is 1. The maximum atomic E-state index is 13.6. The highest BCUT2D eigenvalue weighted by Gasteiger charge is 2.14. The maximum absolute atomic E-state index is 13.6. The fourth-order valence-electron chi connectivity index (χ4n) is 1.43. The number of carbonyl (C=O) groups is 1. The van der Waals surface area contributed by atoms with Crippen molar-refractivity contribution in [2.75, 3.05) is 7.11 Å². The van der Waals surface area contributed by atoms with Gasteiger partial charge in [-0.1, -0.05) is 15.9 Å². The normalized spacial score (nSPS) is 10.2. The van der Waals surface area contributed by atoms with Crippen molar-refractivity contribution in [1.29, 1.82) is 0 Å². The Labute approximate surface area is 121 Å². The summed E-state index contributed by atoms with van der Waals surface area (Å²) in [5.74, 6) is -3.18. The average Bonchev–Trinajstić information content (AvgIpc) is 2.43. The van der Waals surface area contributed by atoms with Gasteiger partial charge in [-0.25, -0.2) is 14.2 Å². The van der Waals surface area contributed by atoms with Crippen LogP contribution in [-0.2, 0) is 4.74 Å². The van der Waals surface area contributed by atoms with E-state index in [0.29, 0.717) is 4.47 Å². The Morgan fingerprint density at radius 2 is 2.05 bits per heavy atom. The summed E-state index contributed by atoms with van der Waals surface area (Å²) >= 11 is 3.03. The van der Waals surface area contributed by atoms with E-state index in [9.17, 15) is 13.6 Å². The summed E-state index contributed by atoms with van der Waals surface area (Å²) in [6.45, 7) is 0. The van der Waals surface area contributed by atoms with E-state index >= 15 is 0 Å². The van der Waals surface area contributed by atoms with Crippen LogP contribution in [0.3, 0.4) is 0 Å². The molecule has 7 heteroatoms. The second kappa shape index (κ2) is 5.96. The van der Waals surface area contributed by atoms with E-state index in [1.807, 2.05) is 0 Å². The van der Waals surface area contributed by atoms with Crippen LogP contribution < -0.4 is 4.74 Å². The summed E-state index contributed by atoms with van der Waals surface area (Å²) in [6.07, 6.45) is 1.30. The molecule has 104 valence electrons. The molecule has 4 nitrogen and oxygen atoms in total. The van der Waals surface area contributed by atoms with E-state index in [1.165, 1.54) is 31.5 Å². The minimum atomic E-state index is -1.14. The van der Waals surface area contributed by atoms with Gasteiger partial charge in [-0.2, -0.15) is 4.39 Å². The van der Waals surface area contributed by atoms with Gasteiger partial charge in [0.2, 0.25) is 11.7 Å². The molecule has 2 aromatic rings. The van der Waals surface area contributed by atoms with Crippen LogP contribution >= 0.6 is 15.9 Å². The van der Waals surface area contributed by atoms with Gasteiger partial charge in [-0.15, -0.1) is 0 Å². The van der Waals surface area contributed by atoms with Crippen LogP contribution in [0.5, 0.6) is 11.6 Å². The van der Waals surface area contributed by atoms with E-state index in [1.54, 1.807) is 0 Å². The first-order valence-electron chi connectivity index (χ1n) is 5.38. The number of methoxy groups -OCH3 is 1. The molecular weight excluding hydrogens is 336 g/mol. The molecule has 0 amide bonds. The predicted octanol–water partition coefficient (Wildman–Crippen LogP) is 3.70. The molecule has 20 heavy (non-hydrogen) atoms. The van der Waals surface area contributed by atoms with Gasteiger partial charge in [0.25, 0.3) is 0 Å². The number of carbonyl (C=O) groups excluding carboxylic acids is 1. The first-order chi connectivity index (χ1) is 9.51. The molecule has 0 bridgehead atoms. The fourth-order valence-corrected chi connectivity index (χ4v) is 1.84. The number of hydrogen-bond donors (Lipinski definition) is 0. The molecule has 1 aromatic heterocycles. The van der Waals surface area contributed by atoms with Gasteiger partial charge in [0.05, 0.1) is 12.7 Å². The van der Waals surface area contributed by atoms with E-state index in [0.717, 1.165) is 6.07 Å². The van der Waals surface area contributed by atoms with Crippen molar-refractivity contribution in [1.82, 2.24) is 4.98 Å². The Morgan fingerprint density at radius 3 is 2.75 bits per heavy atom. The SMILES string of the molecule is COC(=O)c1ccnc(Oc2cc(Br)cc(F)c2F)c1. The topological polar surface area (TPSA) is 48.4 Å². The summed E-state index contributed by atoms with van der Waals surface area (Å²) in [4.78, 5) is 15.2. The zero-order valence-corrected chi connectivity index (χ0v) is 11.8. The fraction of sp³-hybridized carbons (Fsp3) is 0.0769. The molecule has 1 aromatic carbocycles. The third kappa shape index (κ3) is 3.11. The van der Waals surface area contributed by atoms with E-state index in [2.05, 4.69) is 25.7 Å². The number of aromatic nitrogens is 1. The number of halogens is 3. The lowest BCUT2D eigenvalue weighted by Crippen LogP contribution is -2.02. The van der Waals surface area contributed by atoms with E-state index in [-0.39, 0.29) is 17.2 Å². The number of pyridine rings is 1. The number of hydrogen-bond acceptors (Lipinski definition) is 4. The predicted molar refractivity (Wildman–Crippen MR) is 69.7 cm³/mol. The van der Waals surface area contributed by atoms with Crippen molar-refractivity contribution in [2.45, 2.75) is 0 Å². The Hall–Kier alpha value is -2.02. The lowest BCUT2D eigenvalue weighted by Gasteiger charge is -2.08. The maximum Gasteiger partial charge on any atom is 0.338 e. The van der Waals surface area contributed by atoms with Crippen molar-refractivity contribution < 1.29 is 23.0 Å². The highest BCUT2D eigenvalue weighted by atomic mass is 79.9. The zero-order valence-electron chi connectivity index (χ0n) is 10.2. The molecule has 0 saturated carbocycles. The largest absolute Gasteiger partial charge is 0.465 e. The van der Waals surface area contributed by atoms with Gasteiger partial charge < -0.3 is 9.47 Å². The quantitative estimate of drug-likeness (QED) is 0.629. The van der Waals surface area contributed by atoms with Crippen molar-refractivity contribution in [2.24, 2.45) is 0 Å². The molecule has 0 unspecified atom stereocenters. The number of rotatable bonds is 3. The first-order valence-corrected chi connectivity index (χ1v) is 6.17. The molecule has 0 saturated heterocycles. The summed E-state index contributed by atoms with van der Waals surface area (Å²) in [5.41, 5.74) is 0.188. The second-order valence-corrected chi connectivity index (χ2v) is 4.59. The van der Waals surface area contributed by atoms with Crippen LogP contribution in [0.25, 0.3) is 0 Å². The number of benzene rings is 1. The van der Waals surface area contributed by atoms with Crippen molar-refractivity contribution in [3.63, 3.8) is 0 Å². The third-order valence-electron chi connectivity index (χ3n) is 2.33. The van der Waals surface area contributed by atoms with Crippen LogP contribution in [0, 0.1) is 11.6 Å². The first kappa shape index (κ1) is 14.4. The van der Waals surface area contributed by atoms with Gasteiger partial charge >= 0.3 is 5.97 Å². The Morgan fingerprint density at radius 1 is 1.30 bits per heavy atom. The third-order valence-corrected chi connectivity index (χ3v) is 2.79. The van der Waals surface area contributed by atoms with Crippen molar-refractivity contribution >= 4 is 21.9 Å². The summed E-state index contributed by atoms with van der Waals surface area (Å²) in [7, 11) is 1.23. The van der Waals surface area contributed by atoms with Crippen LogP contribution in [0.1, 0.15) is 10.4 Å². The van der Waals surface area contributed by atoms with Gasteiger partial charge in [-0.3, -0.25) is 0 Å². The Bertz CT molecular complexity index is 664. The van der Waals surface area contributed by atoms with Crippen molar-refractivity contribution in [3.8, 4) is 11.6 Å². The van der Waals surface area contributed by atoms with E-state index in [4.69, 9.17) is 4.74 Å². The van der Waals surface area contributed by atoms with Gasteiger partial charge in [0, 0.05) is 16.7 Å². The van der Waals surface area contributed by atoms with Crippen LogP contribution in [-0.4, -0.2) is 18.1 Å². The lowest BCUT2D eigenvalue weighted by molar-refractivity contribution is 0.0600. The molecule has 0 radical (unpaired) electrons. The summed E-state index contributed by atoms with van der Waals surface area (Å²) in [6, 6.07) is 4.91. The molecule has 0 aliphatic rings. The highest BCUT2D eigenvalue weighted by Crippen LogP contribution is 2.29. The minimum absolute atomic E-state index is 0.0516. The minimum Gasteiger partial charge on any atom is -0.465 e. The Balaban J connectivity index is 2.33. The van der Waals surface area contributed by atoms with Crippen molar-refractivity contribution in [3.05, 3.63) is 52.1 Å². The molecular formula is C13H8BrF2NO3. The van der Waals surface area contributed by atoms with E-state index < -0.39 is 17.6 Å². The zero-order chi connectivity index (χ0) is 14.7. The van der Waals surface area contributed by atoms with Gasteiger partial charge in [-0.05, 0) is 18.2 Å². The smallest absolute Gasteiger partial charge is 0.338 e. The lowest BCUT2D eigenvalue weighted by atomic mass is 10.2. The summed E-state index contributed by atoms with van der Waals surface area (Å²) < 4.78 is 36.8. The summed E-state index contributed by atoms with van der Waals surface area (Å²) in [5, 5.41) is 0. The van der Waals surface area contributed by atoms with Crippen LogP contribution in [0.15, 0.2) is 34.9 Å². The highest BCUT2D eigenvalue weighted by molar-refractivity contribution is 9.10. The molecule has 0 aliphatic heterocycles. The number of esters is 1. The molecule has 2 rings (SSSR count). The monoisotopic (exact) mass is 343 g/mol. The molecule has 0 atom stereocenters. The van der Waals surface area contributed by atoms with Gasteiger partial charge in [0.1, 0.15) is 0 Å². The van der Waals surface area contributed by atoms with Crippen LogP contribution in [0.4, 0.5) is 8.78 Å². The molecule has 1 heterocycles. The number of ether oxygens (including phenoxy) is 2. The van der Waals surface area contributed by atoms with Crippen LogP contribution in [0.2, 0.25) is 0 Å². The van der Waals surface area contributed by atoms with Gasteiger partial charge in [0.15, 0.2) is 11.6 Å². The molecule has 0 spiro atoms. The molecule has 0 fully saturated rings. The standard InChI is InChI=1S/C13H8BrF2NO3/c1-19-13(18)7-2-3-17-11(4-7)20-10-6-8(14)5-9(15)12(10)16/h2-6H,1H3. The average molecular weight is 344 g/mol. The Kier molecular flexibility index (Phi) is 4.29. The molecule has 0 aliphatic carbocycles. The second-order valence-electron chi connectivity index (χ2n) is 3.68. The molecule has 0 N–H and O–H groups in total.